The fraction of sp³-hybridized carbons (Fsp3) is 0.455. The summed E-state index contributed by atoms with van der Waals surface area (Å²) < 4.78 is 0. The van der Waals surface area contributed by atoms with Crippen molar-refractivity contribution in [3.63, 3.8) is 0 Å². The molecule has 0 unspecified atom stereocenters. The second-order valence-corrected chi connectivity index (χ2v) is 3.28. The molecular formula is C11H13. The molecule has 11 heavy (non-hydrogen) atoms. The Balaban J connectivity index is 2.26. The first-order valence-electron chi connectivity index (χ1n) is 4.40. The molecule has 0 nitrogen and oxygen atoms in total. The van der Waals surface area contributed by atoms with Crippen molar-refractivity contribution in [3.05, 3.63) is 35.4 Å². The van der Waals surface area contributed by atoms with Gasteiger partial charge in [0.1, 0.15) is 0 Å². The lowest BCUT2D eigenvalue weighted by Gasteiger charge is -1.99. The largest absolute Gasteiger partial charge is 0.0613 e. The minimum atomic E-state index is 0.849. The van der Waals surface area contributed by atoms with Crippen LogP contribution in [0.4, 0.5) is 0 Å². The highest BCUT2D eigenvalue weighted by Crippen LogP contribution is 2.39. The zero-order valence-corrected chi connectivity index (χ0v) is 6.93. The van der Waals surface area contributed by atoms with Crippen molar-refractivity contribution in [3.8, 4) is 0 Å². The van der Waals surface area contributed by atoms with Crippen molar-refractivity contribution in [2.45, 2.75) is 32.1 Å². The van der Waals surface area contributed by atoms with E-state index in [1.807, 2.05) is 0 Å². The number of benzene rings is 1. The maximum Gasteiger partial charge on any atom is -0.0146 e. The molecule has 57 valence electrons. The van der Waals surface area contributed by atoms with Gasteiger partial charge in [0, 0.05) is 0 Å². The van der Waals surface area contributed by atoms with Crippen LogP contribution in [0.3, 0.4) is 0 Å². The summed E-state index contributed by atoms with van der Waals surface area (Å²) in [5, 5.41) is 0. The van der Waals surface area contributed by atoms with Gasteiger partial charge >= 0.3 is 0 Å². The minimum Gasteiger partial charge on any atom is -0.0613 e. The zero-order chi connectivity index (χ0) is 7.68. The second kappa shape index (κ2) is 2.69. The first-order valence-corrected chi connectivity index (χ1v) is 4.40. The van der Waals surface area contributed by atoms with E-state index in [2.05, 4.69) is 31.2 Å². The van der Waals surface area contributed by atoms with Gasteiger partial charge in [0.25, 0.3) is 0 Å². The Kier molecular flexibility index (Phi) is 1.69. The summed E-state index contributed by atoms with van der Waals surface area (Å²) in [7, 11) is 0. The van der Waals surface area contributed by atoms with Gasteiger partial charge in [-0.05, 0) is 42.4 Å². The Morgan fingerprint density at radius 3 is 3.00 bits per heavy atom. The summed E-state index contributed by atoms with van der Waals surface area (Å²) >= 11 is 0. The molecule has 2 rings (SSSR count). The van der Waals surface area contributed by atoms with Crippen LogP contribution in [0.15, 0.2) is 18.2 Å². The van der Waals surface area contributed by atoms with Crippen molar-refractivity contribution in [2.24, 2.45) is 0 Å². The van der Waals surface area contributed by atoms with E-state index in [9.17, 15) is 0 Å². The van der Waals surface area contributed by atoms with Crippen molar-refractivity contribution in [1.29, 1.82) is 0 Å². The van der Waals surface area contributed by atoms with E-state index in [1.165, 1.54) is 24.0 Å². The van der Waals surface area contributed by atoms with Crippen LogP contribution < -0.4 is 0 Å². The van der Waals surface area contributed by atoms with Gasteiger partial charge in [-0.3, -0.25) is 0 Å². The van der Waals surface area contributed by atoms with Gasteiger partial charge in [-0.25, -0.2) is 0 Å². The van der Waals surface area contributed by atoms with E-state index in [4.69, 9.17) is 0 Å². The van der Waals surface area contributed by atoms with Crippen molar-refractivity contribution in [1.82, 2.24) is 0 Å². The van der Waals surface area contributed by atoms with Crippen LogP contribution >= 0.6 is 0 Å². The molecule has 1 aliphatic carbocycles. The predicted octanol–water partition coefficient (Wildman–Crippen LogP) is 2.93. The van der Waals surface area contributed by atoms with Gasteiger partial charge in [-0.1, -0.05) is 25.1 Å². The third-order valence-corrected chi connectivity index (χ3v) is 2.31. The SMILES string of the molecule is CCc1cc[c]c(C2CC2)c1. The highest BCUT2D eigenvalue weighted by Gasteiger charge is 2.23. The minimum absolute atomic E-state index is 0.849. The van der Waals surface area contributed by atoms with Crippen LogP contribution in [-0.4, -0.2) is 0 Å². The molecule has 0 aromatic heterocycles. The molecule has 0 bridgehead atoms. The average molecular weight is 145 g/mol. The predicted molar refractivity (Wildman–Crippen MR) is 46.6 cm³/mol. The van der Waals surface area contributed by atoms with Gasteiger partial charge in [0.15, 0.2) is 0 Å². The van der Waals surface area contributed by atoms with E-state index in [0.717, 1.165) is 12.3 Å². The fourth-order valence-electron chi connectivity index (χ4n) is 1.38. The number of hydrogen-bond donors (Lipinski definition) is 0. The first-order chi connectivity index (χ1) is 5.40. The molecule has 1 saturated carbocycles. The van der Waals surface area contributed by atoms with Crippen molar-refractivity contribution in [2.75, 3.05) is 0 Å². The topological polar surface area (TPSA) is 0 Å². The van der Waals surface area contributed by atoms with E-state index >= 15 is 0 Å². The van der Waals surface area contributed by atoms with Crippen molar-refractivity contribution < 1.29 is 0 Å². The summed E-state index contributed by atoms with van der Waals surface area (Å²) in [5.41, 5.74) is 2.88. The van der Waals surface area contributed by atoms with Gasteiger partial charge in [-0.2, -0.15) is 0 Å². The van der Waals surface area contributed by atoms with Crippen LogP contribution in [0.5, 0.6) is 0 Å². The quantitative estimate of drug-likeness (QED) is 0.600. The molecule has 1 radical (unpaired) electrons. The highest BCUT2D eigenvalue weighted by atomic mass is 14.3. The van der Waals surface area contributed by atoms with Crippen LogP contribution in [0, 0.1) is 6.07 Å². The molecule has 0 heteroatoms. The molecule has 0 heterocycles. The molecule has 1 aliphatic rings. The van der Waals surface area contributed by atoms with Crippen molar-refractivity contribution >= 4 is 0 Å². The van der Waals surface area contributed by atoms with Gasteiger partial charge < -0.3 is 0 Å². The Labute approximate surface area is 68.3 Å². The average Bonchev–Trinajstić information content (AvgIpc) is 2.87. The number of rotatable bonds is 2. The van der Waals surface area contributed by atoms with E-state index < -0.39 is 0 Å². The summed E-state index contributed by atoms with van der Waals surface area (Å²) in [4.78, 5) is 0. The van der Waals surface area contributed by atoms with Crippen LogP contribution in [0.2, 0.25) is 0 Å². The monoisotopic (exact) mass is 145 g/mol. The van der Waals surface area contributed by atoms with Crippen LogP contribution in [-0.2, 0) is 6.42 Å². The molecule has 0 amide bonds. The lowest BCUT2D eigenvalue weighted by Crippen LogP contribution is -1.83. The van der Waals surface area contributed by atoms with Crippen LogP contribution in [0.1, 0.15) is 36.8 Å². The lowest BCUT2D eigenvalue weighted by atomic mass is 10.1. The summed E-state index contributed by atoms with van der Waals surface area (Å²) in [6.45, 7) is 2.20. The lowest BCUT2D eigenvalue weighted by molar-refractivity contribution is 1.08. The van der Waals surface area contributed by atoms with E-state index in [0.29, 0.717) is 0 Å². The first kappa shape index (κ1) is 6.90. The molecule has 1 aromatic rings. The fourth-order valence-corrected chi connectivity index (χ4v) is 1.38. The number of hydrogen-bond acceptors (Lipinski definition) is 0. The number of aryl methyl sites for hydroxylation is 1. The molecule has 1 fully saturated rings. The molecule has 0 atom stereocenters. The van der Waals surface area contributed by atoms with E-state index in [1.54, 1.807) is 0 Å². The molecule has 1 aromatic carbocycles. The third kappa shape index (κ3) is 1.45. The smallest absolute Gasteiger partial charge is 0.0146 e. The summed E-state index contributed by atoms with van der Waals surface area (Å²) in [6.07, 6.45) is 3.90. The Hall–Kier alpha value is -0.780. The maximum atomic E-state index is 3.31. The standard InChI is InChI=1S/C11H13/c1-2-9-4-3-5-11(8-9)10-6-7-10/h3-4,8,10H,2,6-7H2,1H3. The Morgan fingerprint density at radius 2 is 2.36 bits per heavy atom. The normalized spacial score (nSPS) is 16.8. The molecule has 0 aliphatic heterocycles. The Morgan fingerprint density at radius 1 is 1.55 bits per heavy atom. The Bertz CT molecular complexity index is 246. The molecule has 0 spiro atoms. The van der Waals surface area contributed by atoms with Gasteiger partial charge in [0.2, 0.25) is 0 Å². The summed E-state index contributed by atoms with van der Waals surface area (Å²) in [5.74, 6) is 0.849. The molecule has 0 saturated heterocycles. The van der Waals surface area contributed by atoms with Gasteiger partial charge in [-0.15, -0.1) is 0 Å². The maximum absolute atomic E-state index is 3.31. The zero-order valence-electron chi connectivity index (χ0n) is 6.93. The van der Waals surface area contributed by atoms with Crippen LogP contribution in [0.25, 0.3) is 0 Å². The third-order valence-electron chi connectivity index (χ3n) is 2.31. The summed E-state index contributed by atoms with van der Waals surface area (Å²) in [6, 6.07) is 9.83. The second-order valence-electron chi connectivity index (χ2n) is 3.28. The van der Waals surface area contributed by atoms with Gasteiger partial charge in [0.05, 0.1) is 0 Å². The molecular weight excluding hydrogens is 132 g/mol. The van der Waals surface area contributed by atoms with E-state index in [-0.39, 0.29) is 0 Å². The molecule has 0 N–H and O–H groups in total. The highest BCUT2D eigenvalue weighted by molar-refractivity contribution is 5.27.